The lowest BCUT2D eigenvalue weighted by Crippen LogP contribution is -2.39. The van der Waals surface area contributed by atoms with E-state index in [9.17, 15) is 0 Å². The molecule has 1 fully saturated rings. The van der Waals surface area contributed by atoms with Crippen LogP contribution in [0.5, 0.6) is 5.75 Å². The first-order valence-electron chi connectivity index (χ1n) is 7.19. The fourth-order valence-corrected chi connectivity index (χ4v) is 2.48. The van der Waals surface area contributed by atoms with Crippen molar-refractivity contribution in [1.82, 2.24) is 5.32 Å². The molecule has 3 nitrogen and oxygen atoms in total. The Bertz CT molecular complexity index is 392. The molecular weight excluding hydrogens is 260 g/mol. The van der Waals surface area contributed by atoms with Gasteiger partial charge in [-0.15, -0.1) is 0 Å². The zero-order chi connectivity index (χ0) is 13.5. The molecule has 1 saturated heterocycles. The minimum atomic E-state index is 0.548. The molecule has 1 unspecified atom stereocenters. The highest BCUT2D eigenvalue weighted by molar-refractivity contribution is 6.30. The van der Waals surface area contributed by atoms with Crippen LogP contribution in [-0.4, -0.2) is 25.7 Å². The Morgan fingerprint density at radius 1 is 1.42 bits per heavy atom. The van der Waals surface area contributed by atoms with Crippen LogP contribution in [0.2, 0.25) is 5.02 Å². The lowest BCUT2D eigenvalue weighted by molar-refractivity contribution is 0.318. The maximum absolute atomic E-state index is 6.06. The van der Waals surface area contributed by atoms with Gasteiger partial charge in [-0.1, -0.05) is 24.9 Å². The summed E-state index contributed by atoms with van der Waals surface area (Å²) >= 11 is 6.06. The van der Waals surface area contributed by atoms with E-state index < -0.39 is 0 Å². The van der Waals surface area contributed by atoms with Gasteiger partial charge in [0.25, 0.3) is 0 Å². The van der Waals surface area contributed by atoms with E-state index in [0.29, 0.717) is 6.04 Å². The third-order valence-electron chi connectivity index (χ3n) is 3.35. The third-order valence-corrected chi connectivity index (χ3v) is 3.59. The highest BCUT2D eigenvalue weighted by atomic mass is 35.5. The second-order valence-electron chi connectivity index (χ2n) is 5.02. The molecule has 1 aliphatic heterocycles. The van der Waals surface area contributed by atoms with Gasteiger partial charge in [0, 0.05) is 17.6 Å². The van der Waals surface area contributed by atoms with Crippen LogP contribution in [0.3, 0.4) is 0 Å². The van der Waals surface area contributed by atoms with E-state index in [1.165, 1.54) is 19.3 Å². The Balaban J connectivity index is 1.94. The summed E-state index contributed by atoms with van der Waals surface area (Å²) in [5.74, 6) is 0.891. The Morgan fingerprint density at radius 3 is 3.05 bits per heavy atom. The molecule has 0 aromatic heterocycles. The summed E-state index contributed by atoms with van der Waals surface area (Å²) in [4.78, 5) is 0. The molecule has 0 spiro atoms. The van der Waals surface area contributed by atoms with E-state index in [4.69, 9.17) is 16.3 Å². The van der Waals surface area contributed by atoms with Crippen molar-refractivity contribution in [2.75, 3.05) is 25.0 Å². The standard InChI is InChI=1S/C15H23ClN2O/c1-2-9-19-15-7-6-12(16)10-14(15)18-11-13-5-3-4-8-17-13/h6-7,10,13,17-18H,2-5,8-9,11H2,1H3. The molecule has 0 radical (unpaired) electrons. The largest absolute Gasteiger partial charge is 0.491 e. The van der Waals surface area contributed by atoms with Crippen LogP contribution in [0.15, 0.2) is 18.2 Å². The smallest absolute Gasteiger partial charge is 0.142 e. The highest BCUT2D eigenvalue weighted by Gasteiger charge is 2.13. The summed E-state index contributed by atoms with van der Waals surface area (Å²) in [5, 5.41) is 7.73. The van der Waals surface area contributed by atoms with Crippen LogP contribution in [0, 0.1) is 0 Å². The normalized spacial score (nSPS) is 19.2. The first-order valence-corrected chi connectivity index (χ1v) is 7.57. The molecule has 0 amide bonds. The Hall–Kier alpha value is -0.930. The van der Waals surface area contributed by atoms with Crippen molar-refractivity contribution in [3.05, 3.63) is 23.2 Å². The van der Waals surface area contributed by atoms with E-state index in [1.54, 1.807) is 0 Å². The van der Waals surface area contributed by atoms with Crippen molar-refractivity contribution in [3.8, 4) is 5.75 Å². The Morgan fingerprint density at radius 2 is 2.32 bits per heavy atom. The van der Waals surface area contributed by atoms with Gasteiger partial charge in [-0.05, 0) is 44.0 Å². The highest BCUT2D eigenvalue weighted by Crippen LogP contribution is 2.28. The molecule has 106 valence electrons. The van der Waals surface area contributed by atoms with Gasteiger partial charge >= 0.3 is 0 Å². The average molecular weight is 283 g/mol. The molecule has 0 saturated carbocycles. The Kier molecular flexibility index (Phi) is 5.80. The molecule has 2 N–H and O–H groups in total. The van der Waals surface area contributed by atoms with Crippen LogP contribution < -0.4 is 15.4 Å². The summed E-state index contributed by atoms with van der Waals surface area (Å²) in [6, 6.07) is 6.30. The summed E-state index contributed by atoms with van der Waals surface area (Å²) in [7, 11) is 0. The van der Waals surface area contributed by atoms with Gasteiger partial charge < -0.3 is 15.4 Å². The first-order chi connectivity index (χ1) is 9.29. The number of anilines is 1. The fourth-order valence-electron chi connectivity index (χ4n) is 2.31. The average Bonchev–Trinajstić information content (AvgIpc) is 2.45. The molecule has 1 atom stereocenters. The summed E-state index contributed by atoms with van der Waals surface area (Å²) < 4.78 is 5.74. The van der Waals surface area contributed by atoms with E-state index in [-0.39, 0.29) is 0 Å². The van der Waals surface area contributed by atoms with Crippen molar-refractivity contribution in [1.29, 1.82) is 0 Å². The number of rotatable bonds is 6. The molecular formula is C15H23ClN2O. The monoisotopic (exact) mass is 282 g/mol. The second kappa shape index (κ2) is 7.61. The van der Waals surface area contributed by atoms with E-state index in [2.05, 4.69) is 17.6 Å². The van der Waals surface area contributed by atoms with Crippen molar-refractivity contribution in [2.24, 2.45) is 0 Å². The lowest BCUT2D eigenvalue weighted by atomic mass is 10.1. The number of piperidine rings is 1. The minimum Gasteiger partial charge on any atom is -0.491 e. The first kappa shape index (κ1) is 14.5. The number of nitrogens with one attached hydrogen (secondary N) is 2. The fraction of sp³-hybridized carbons (Fsp3) is 0.600. The van der Waals surface area contributed by atoms with E-state index >= 15 is 0 Å². The van der Waals surface area contributed by atoms with Gasteiger partial charge in [0.05, 0.1) is 12.3 Å². The second-order valence-corrected chi connectivity index (χ2v) is 5.45. The van der Waals surface area contributed by atoms with Gasteiger partial charge in [-0.25, -0.2) is 0 Å². The molecule has 2 rings (SSSR count). The van der Waals surface area contributed by atoms with Crippen molar-refractivity contribution in [3.63, 3.8) is 0 Å². The van der Waals surface area contributed by atoms with Gasteiger partial charge in [-0.3, -0.25) is 0 Å². The van der Waals surface area contributed by atoms with Crippen molar-refractivity contribution < 1.29 is 4.74 Å². The SMILES string of the molecule is CCCOc1ccc(Cl)cc1NCC1CCCCN1. The van der Waals surface area contributed by atoms with Gasteiger partial charge in [-0.2, -0.15) is 0 Å². The topological polar surface area (TPSA) is 33.3 Å². The van der Waals surface area contributed by atoms with E-state index in [0.717, 1.165) is 42.6 Å². The van der Waals surface area contributed by atoms with Crippen LogP contribution in [0.1, 0.15) is 32.6 Å². The molecule has 1 aromatic carbocycles. The zero-order valence-electron chi connectivity index (χ0n) is 11.5. The summed E-state index contributed by atoms with van der Waals surface area (Å²) in [5.41, 5.74) is 0.994. The van der Waals surface area contributed by atoms with Gasteiger partial charge in [0.15, 0.2) is 0 Å². The number of benzene rings is 1. The van der Waals surface area contributed by atoms with Gasteiger partial charge in [0.2, 0.25) is 0 Å². The van der Waals surface area contributed by atoms with Crippen LogP contribution in [0.4, 0.5) is 5.69 Å². The number of hydrogen-bond acceptors (Lipinski definition) is 3. The predicted molar refractivity (Wildman–Crippen MR) is 81.4 cm³/mol. The van der Waals surface area contributed by atoms with Crippen LogP contribution in [0.25, 0.3) is 0 Å². The summed E-state index contributed by atoms with van der Waals surface area (Å²) in [6.07, 6.45) is 4.84. The maximum atomic E-state index is 6.06. The minimum absolute atomic E-state index is 0.548. The molecule has 1 aliphatic rings. The number of hydrogen-bond donors (Lipinski definition) is 2. The molecule has 1 heterocycles. The summed E-state index contributed by atoms with van der Waals surface area (Å²) in [6.45, 7) is 4.89. The molecule has 0 aliphatic carbocycles. The van der Waals surface area contributed by atoms with Crippen LogP contribution >= 0.6 is 11.6 Å². The van der Waals surface area contributed by atoms with Crippen LogP contribution in [-0.2, 0) is 0 Å². The van der Waals surface area contributed by atoms with E-state index in [1.807, 2.05) is 18.2 Å². The zero-order valence-corrected chi connectivity index (χ0v) is 12.3. The van der Waals surface area contributed by atoms with Gasteiger partial charge in [0.1, 0.15) is 5.75 Å². The molecule has 0 bridgehead atoms. The lowest BCUT2D eigenvalue weighted by Gasteiger charge is -2.24. The predicted octanol–water partition coefficient (Wildman–Crippen LogP) is 3.68. The molecule has 4 heteroatoms. The Labute approximate surface area is 120 Å². The molecule has 1 aromatic rings. The number of halogens is 1. The van der Waals surface area contributed by atoms with Crippen molar-refractivity contribution >= 4 is 17.3 Å². The molecule has 19 heavy (non-hydrogen) atoms. The quantitative estimate of drug-likeness (QED) is 0.835. The van der Waals surface area contributed by atoms with Crippen molar-refractivity contribution in [2.45, 2.75) is 38.6 Å². The number of ether oxygens (including phenoxy) is 1. The maximum Gasteiger partial charge on any atom is 0.142 e. The third kappa shape index (κ3) is 4.59.